The predicted octanol–water partition coefficient (Wildman–Crippen LogP) is 1.32. The molecule has 2 atom stereocenters. The van der Waals surface area contributed by atoms with Crippen molar-refractivity contribution in [1.82, 2.24) is 0 Å². The number of hydrogen-bond donors (Lipinski definition) is 2. The van der Waals surface area contributed by atoms with Crippen molar-refractivity contribution in [3.63, 3.8) is 0 Å². The Hall–Kier alpha value is -0.860. The van der Waals surface area contributed by atoms with Gasteiger partial charge in [0.15, 0.2) is 0 Å². The van der Waals surface area contributed by atoms with Crippen molar-refractivity contribution in [3.8, 4) is 0 Å². The van der Waals surface area contributed by atoms with Crippen molar-refractivity contribution in [2.75, 3.05) is 13.2 Å². The minimum absolute atomic E-state index is 0.130. The first-order valence-corrected chi connectivity index (χ1v) is 5.16. The molecular formula is C12H16O2. The molecule has 1 aliphatic carbocycles. The summed E-state index contributed by atoms with van der Waals surface area (Å²) in [7, 11) is 0. The molecule has 2 unspecified atom stereocenters. The largest absolute Gasteiger partial charge is 0.396 e. The van der Waals surface area contributed by atoms with E-state index in [2.05, 4.69) is 12.1 Å². The first kappa shape index (κ1) is 9.69. The van der Waals surface area contributed by atoms with Crippen molar-refractivity contribution >= 4 is 0 Å². The molecule has 0 saturated heterocycles. The second kappa shape index (κ2) is 4.11. The monoisotopic (exact) mass is 192 g/mol. The maximum absolute atomic E-state index is 9.33. The number of hydrogen-bond acceptors (Lipinski definition) is 2. The van der Waals surface area contributed by atoms with Crippen molar-refractivity contribution in [2.45, 2.75) is 18.8 Å². The van der Waals surface area contributed by atoms with E-state index in [1.54, 1.807) is 0 Å². The van der Waals surface area contributed by atoms with Crippen LogP contribution in [0.25, 0.3) is 0 Å². The second-order valence-corrected chi connectivity index (χ2v) is 3.97. The molecule has 2 heteroatoms. The zero-order valence-corrected chi connectivity index (χ0v) is 8.19. The average molecular weight is 192 g/mol. The fraction of sp³-hybridized carbons (Fsp3) is 0.500. The summed E-state index contributed by atoms with van der Waals surface area (Å²) in [5.74, 6) is 0.361. The van der Waals surface area contributed by atoms with E-state index in [0.29, 0.717) is 0 Å². The van der Waals surface area contributed by atoms with Gasteiger partial charge in [0.25, 0.3) is 0 Å². The third-order valence-corrected chi connectivity index (χ3v) is 3.24. The first-order valence-electron chi connectivity index (χ1n) is 5.16. The van der Waals surface area contributed by atoms with Crippen LogP contribution in [-0.4, -0.2) is 23.4 Å². The highest BCUT2D eigenvalue weighted by Gasteiger charge is 2.27. The van der Waals surface area contributed by atoms with Crippen LogP contribution in [0.3, 0.4) is 0 Å². The smallest absolute Gasteiger partial charge is 0.0503 e. The molecule has 2 rings (SSSR count). The molecule has 0 radical (unpaired) electrons. The Morgan fingerprint density at radius 2 is 1.93 bits per heavy atom. The standard InChI is InChI=1S/C12H16O2/c13-7-10-6-5-9-3-1-2-4-11(9)12(10)8-14/h1-4,10,12-14H,5-8H2. The Bertz CT molecular complexity index is 309. The molecule has 0 spiro atoms. The topological polar surface area (TPSA) is 40.5 Å². The van der Waals surface area contributed by atoms with Gasteiger partial charge in [0.2, 0.25) is 0 Å². The molecule has 1 aliphatic rings. The zero-order chi connectivity index (χ0) is 9.97. The highest BCUT2D eigenvalue weighted by atomic mass is 16.3. The first-order chi connectivity index (χ1) is 6.86. The molecule has 76 valence electrons. The maximum Gasteiger partial charge on any atom is 0.0503 e. The Labute approximate surface area is 84.2 Å². The Kier molecular flexibility index (Phi) is 2.85. The van der Waals surface area contributed by atoms with E-state index in [1.807, 2.05) is 12.1 Å². The van der Waals surface area contributed by atoms with Crippen LogP contribution < -0.4 is 0 Å². The van der Waals surface area contributed by atoms with Crippen LogP contribution in [0, 0.1) is 5.92 Å². The minimum atomic E-state index is 0.130. The van der Waals surface area contributed by atoms with Gasteiger partial charge in [0.1, 0.15) is 0 Å². The summed E-state index contributed by atoms with van der Waals surface area (Å²) in [6, 6.07) is 8.22. The third-order valence-electron chi connectivity index (χ3n) is 3.24. The van der Waals surface area contributed by atoms with E-state index in [4.69, 9.17) is 0 Å². The lowest BCUT2D eigenvalue weighted by molar-refractivity contribution is 0.146. The van der Waals surface area contributed by atoms with Gasteiger partial charge in [0.05, 0.1) is 6.61 Å². The van der Waals surface area contributed by atoms with Crippen LogP contribution in [0.1, 0.15) is 23.5 Å². The number of aryl methyl sites for hydroxylation is 1. The summed E-state index contributed by atoms with van der Waals surface area (Å²) in [6.07, 6.45) is 2.01. The van der Waals surface area contributed by atoms with Gasteiger partial charge in [-0.3, -0.25) is 0 Å². The second-order valence-electron chi connectivity index (χ2n) is 3.97. The fourth-order valence-electron chi connectivity index (χ4n) is 2.39. The maximum atomic E-state index is 9.33. The number of benzene rings is 1. The van der Waals surface area contributed by atoms with Gasteiger partial charge in [-0.1, -0.05) is 24.3 Å². The van der Waals surface area contributed by atoms with Crippen LogP contribution >= 0.6 is 0 Å². The Balaban J connectivity index is 2.34. The molecule has 0 amide bonds. The molecule has 1 aromatic carbocycles. The highest BCUT2D eigenvalue weighted by molar-refractivity contribution is 5.33. The van der Waals surface area contributed by atoms with Gasteiger partial charge in [0, 0.05) is 12.5 Å². The molecule has 0 heterocycles. The number of aliphatic hydroxyl groups is 2. The fourth-order valence-corrected chi connectivity index (χ4v) is 2.39. The van der Waals surface area contributed by atoms with Gasteiger partial charge in [-0.15, -0.1) is 0 Å². The van der Waals surface area contributed by atoms with Crippen LogP contribution in [-0.2, 0) is 6.42 Å². The molecule has 2 N–H and O–H groups in total. The van der Waals surface area contributed by atoms with Crippen molar-refractivity contribution < 1.29 is 10.2 Å². The van der Waals surface area contributed by atoms with Gasteiger partial charge in [-0.05, 0) is 29.9 Å². The van der Waals surface area contributed by atoms with Gasteiger partial charge < -0.3 is 10.2 Å². The SMILES string of the molecule is OCC1CCc2ccccc2C1CO. The summed E-state index contributed by atoms with van der Waals surface area (Å²) in [5, 5.41) is 18.5. The van der Waals surface area contributed by atoms with Crippen LogP contribution in [0.5, 0.6) is 0 Å². The number of fused-ring (bicyclic) bond motifs is 1. The van der Waals surface area contributed by atoms with E-state index in [9.17, 15) is 10.2 Å². The molecule has 14 heavy (non-hydrogen) atoms. The summed E-state index contributed by atoms with van der Waals surface area (Å²) in [5.41, 5.74) is 2.55. The lowest BCUT2D eigenvalue weighted by atomic mass is 9.76. The molecule has 1 aromatic rings. The Morgan fingerprint density at radius 3 is 2.64 bits per heavy atom. The Morgan fingerprint density at radius 1 is 1.14 bits per heavy atom. The summed E-state index contributed by atoms with van der Waals surface area (Å²) in [6.45, 7) is 0.321. The van der Waals surface area contributed by atoms with Gasteiger partial charge in [-0.2, -0.15) is 0 Å². The molecule has 2 nitrogen and oxygen atoms in total. The summed E-state index contributed by atoms with van der Waals surface area (Å²) < 4.78 is 0. The van der Waals surface area contributed by atoms with Crippen LogP contribution in [0.15, 0.2) is 24.3 Å². The molecule has 0 fully saturated rings. The molecular weight excluding hydrogens is 176 g/mol. The molecule has 0 aliphatic heterocycles. The normalized spacial score (nSPS) is 25.9. The third kappa shape index (κ3) is 1.56. The van der Waals surface area contributed by atoms with Crippen molar-refractivity contribution in [2.24, 2.45) is 5.92 Å². The molecule has 0 bridgehead atoms. The van der Waals surface area contributed by atoms with Crippen LogP contribution in [0.2, 0.25) is 0 Å². The summed E-state index contributed by atoms with van der Waals surface area (Å²) in [4.78, 5) is 0. The molecule has 0 aromatic heterocycles. The van der Waals surface area contributed by atoms with E-state index < -0.39 is 0 Å². The zero-order valence-electron chi connectivity index (χ0n) is 8.19. The lowest BCUT2D eigenvalue weighted by Gasteiger charge is -2.31. The van der Waals surface area contributed by atoms with Crippen LogP contribution in [0.4, 0.5) is 0 Å². The summed E-state index contributed by atoms with van der Waals surface area (Å²) >= 11 is 0. The molecule has 0 saturated carbocycles. The van der Waals surface area contributed by atoms with Crippen molar-refractivity contribution in [1.29, 1.82) is 0 Å². The average Bonchev–Trinajstić information content (AvgIpc) is 2.27. The lowest BCUT2D eigenvalue weighted by Crippen LogP contribution is -2.26. The van der Waals surface area contributed by atoms with E-state index in [0.717, 1.165) is 12.8 Å². The number of aliphatic hydroxyl groups excluding tert-OH is 2. The highest BCUT2D eigenvalue weighted by Crippen LogP contribution is 2.35. The van der Waals surface area contributed by atoms with Gasteiger partial charge in [-0.25, -0.2) is 0 Å². The number of rotatable bonds is 2. The van der Waals surface area contributed by atoms with Gasteiger partial charge >= 0.3 is 0 Å². The van der Waals surface area contributed by atoms with Crippen molar-refractivity contribution in [3.05, 3.63) is 35.4 Å². The predicted molar refractivity (Wildman–Crippen MR) is 55.2 cm³/mol. The quantitative estimate of drug-likeness (QED) is 0.742. The van der Waals surface area contributed by atoms with E-state index in [-0.39, 0.29) is 25.0 Å². The van der Waals surface area contributed by atoms with E-state index >= 15 is 0 Å². The minimum Gasteiger partial charge on any atom is -0.396 e. The van der Waals surface area contributed by atoms with E-state index in [1.165, 1.54) is 11.1 Å².